The van der Waals surface area contributed by atoms with Crippen molar-refractivity contribution >= 4 is 21.8 Å². The van der Waals surface area contributed by atoms with Crippen LogP contribution in [-0.4, -0.2) is 73.1 Å². The van der Waals surface area contributed by atoms with Crippen molar-refractivity contribution in [2.24, 2.45) is 11.8 Å². The maximum Gasteiger partial charge on any atom is 0.243 e. The molecule has 3 fully saturated rings. The molecule has 0 aromatic heterocycles. The van der Waals surface area contributed by atoms with Crippen LogP contribution < -0.4 is 0 Å². The van der Waals surface area contributed by atoms with Crippen molar-refractivity contribution in [3.63, 3.8) is 0 Å². The van der Waals surface area contributed by atoms with Crippen LogP contribution in [0, 0.1) is 11.8 Å². The van der Waals surface area contributed by atoms with Crippen molar-refractivity contribution in [2.75, 3.05) is 33.2 Å². The number of likely N-dealkylation sites (tertiary alicyclic amines) is 2. The summed E-state index contributed by atoms with van der Waals surface area (Å²) in [7, 11) is -1.69. The van der Waals surface area contributed by atoms with E-state index in [2.05, 4.69) is 0 Å². The smallest absolute Gasteiger partial charge is 0.243 e. The van der Waals surface area contributed by atoms with E-state index in [-0.39, 0.29) is 29.2 Å². The van der Waals surface area contributed by atoms with Gasteiger partial charge in [-0.15, -0.1) is 0 Å². The third-order valence-electron chi connectivity index (χ3n) is 6.74. The average molecular weight is 391 g/mol. The van der Waals surface area contributed by atoms with Gasteiger partial charge in [0.1, 0.15) is 0 Å². The summed E-state index contributed by atoms with van der Waals surface area (Å²) in [6.45, 7) is 3.38. The Balaban J connectivity index is 1.56. The van der Waals surface area contributed by atoms with Crippen LogP contribution in [0.3, 0.4) is 0 Å². The largest absolute Gasteiger partial charge is 0.342 e. The number of hydrogen-bond acceptors (Lipinski definition) is 4. The molecule has 1 spiro atoms. The molecule has 0 radical (unpaired) electrons. The Kier molecular flexibility index (Phi) is 4.31. The molecule has 1 aromatic carbocycles. The highest BCUT2D eigenvalue weighted by Crippen LogP contribution is 2.49. The van der Waals surface area contributed by atoms with Gasteiger partial charge in [0.15, 0.2) is 0 Å². The average Bonchev–Trinajstić information content (AvgIpc) is 3.19. The molecule has 0 bridgehead atoms. The van der Waals surface area contributed by atoms with Crippen LogP contribution in [-0.2, 0) is 19.6 Å². The number of amides is 2. The number of carbonyl (C=O) groups is 2. The molecule has 3 heterocycles. The fourth-order valence-electron chi connectivity index (χ4n) is 5.13. The Morgan fingerprint density at radius 1 is 1.11 bits per heavy atom. The predicted octanol–water partition coefficient (Wildman–Crippen LogP) is 0.776. The van der Waals surface area contributed by atoms with E-state index in [9.17, 15) is 18.0 Å². The van der Waals surface area contributed by atoms with Gasteiger partial charge in [0.05, 0.1) is 16.4 Å². The van der Waals surface area contributed by atoms with Crippen molar-refractivity contribution in [2.45, 2.75) is 30.2 Å². The molecule has 4 rings (SSSR count). The van der Waals surface area contributed by atoms with E-state index in [0.29, 0.717) is 43.9 Å². The molecule has 3 aliphatic rings. The van der Waals surface area contributed by atoms with Crippen molar-refractivity contribution in [3.8, 4) is 0 Å². The summed E-state index contributed by atoms with van der Waals surface area (Å²) in [5, 5.41) is 0. The summed E-state index contributed by atoms with van der Waals surface area (Å²) in [5.74, 6) is 0.0128. The minimum absolute atomic E-state index is 0.000839. The zero-order valence-corrected chi connectivity index (χ0v) is 16.5. The minimum Gasteiger partial charge on any atom is -0.342 e. The fourth-order valence-corrected chi connectivity index (χ4v) is 6.60. The van der Waals surface area contributed by atoms with Crippen molar-refractivity contribution in [3.05, 3.63) is 30.3 Å². The molecule has 1 aromatic rings. The monoisotopic (exact) mass is 391 g/mol. The van der Waals surface area contributed by atoms with Gasteiger partial charge in [-0.05, 0) is 25.0 Å². The summed E-state index contributed by atoms with van der Waals surface area (Å²) in [6, 6.07) is 8.47. The standard InChI is InChI=1S/C19H25N3O4S/c1-14(23)21-12-16-17(13-21)19(20(2)18(16)24)8-10-22(11-9-19)27(25,26)15-6-4-3-5-7-15/h3-7,16-17H,8-13H2,1-2H3/t16-,17+/m1/s1. The van der Waals surface area contributed by atoms with Gasteiger partial charge in [0.25, 0.3) is 0 Å². The second kappa shape index (κ2) is 6.31. The molecule has 0 N–H and O–H groups in total. The van der Waals surface area contributed by atoms with Gasteiger partial charge in [-0.1, -0.05) is 18.2 Å². The van der Waals surface area contributed by atoms with Gasteiger partial charge in [-0.2, -0.15) is 4.31 Å². The zero-order chi connectivity index (χ0) is 19.4. The molecule has 3 saturated heterocycles. The van der Waals surface area contributed by atoms with Crippen molar-refractivity contribution in [1.82, 2.24) is 14.1 Å². The van der Waals surface area contributed by atoms with E-state index in [1.54, 1.807) is 35.2 Å². The van der Waals surface area contributed by atoms with Gasteiger partial charge < -0.3 is 9.80 Å². The second-order valence-electron chi connectivity index (χ2n) is 7.85. The number of nitrogens with zero attached hydrogens (tertiary/aromatic N) is 3. The first-order chi connectivity index (χ1) is 12.8. The highest BCUT2D eigenvalue weighted by molar-refractivity contribution is 7.89. The predicted molar refractivity (Wildman–Crippen MR) is 99.2 cm³/mol. The number of hydrogen-bond donors (Lipinski definition) is 0. The summed E-state index contributed by atoms with van der Waals surface area (Å²) >= 11 is 0. The van der Waals surface area contributed by atoms with Crippen LogP contribution in [0.4, 0.5) is 0 Å². The van der Waals surface area contributed by atoms with Gasteiger partial charge >= 0.3 is 0 Å². The number of benzene rings is 1. The molecule has 3 aliphatic heterocycles. The second-order valence-corrected chi connectivity index (χ2v) is 9.79. The maximum atomic E-state index is 12.9. The molecule has 2 amide bonds. The third-order valence-corrected chi connectivity index (χ3v) is 8.65. The molecular weight excluding hydrogens is 366 g/mol. The first-order valence-corrected chi connectivity index (χ1v) is 10.8. The maximum absolute atomic E-state index is 12.9. The highest BCUT2D eigenvalue weighted by Gasteiger charge is 2.61. The lowest BCUT2D eigenvalue weighted by Crippen LogP contribution is -2.56. The Morgan fingerprint density at radius 3 is 2.33 bits per heavy atom. The summed E-state index contributed by atoms with van der Waals surface area (Å²) < 4.78 is 27.3. The fraction of sp³-hybridized carbons (Fsp3) is 0.579. The molecule has 0 saturated carbocycles. The molecule has 2 atom stereocenters. The quantitative estimate of drug-likeness (QED) is 0.746. The Labute approximate surface area is 160 Å². The first kappa shape index (κ1) is 18.4. The van der Waals surface area contributed by atoms with E-state index in [4.69, 9.17) is 0 Å². The number of fused-ring (bicyclic) bond motifs is 2. The lowest BCUT2D eigenvalue weighted by atomic mass is 9.75. The van der Waals surface area contributed by atoms with Crippen molar-refractivity contribution in [1.29, 1.82) is 0 Å². The normalized spacial score (nSPS) is 28.0. The molecule has 27 heavy (non-hydrogen) atoms. The van der Waals surface area contributed by atoms with Crippen LogP contribution in [0.25, 0.3) is 0 Å². The Hall–Kier alpha value is -1.93. The summed E-state index contributed by atoms with van der Waals surface area (Å²) in [5.41, 5.74) is -0.353. The molecular formula is C19H25N3O4S. The topological polar surface area (TPSA) is 78.0 Å². The number of rotatable bonds is 2. The molecule has 146 valence electrons. The van der Waals surface area contributed by atoms with Crippen LogP contribution in [0.1, 0.15) is 19.8 Å². The van der Waals surface area contributed by atoms with E-state index >= 15 is 0 Å². The van der Waals surface area contributed by atoms with Crippen LogP contribution >= 0.6 is 0 Å². The third kappa shape index (κ3) is 2.69. The lowest BCUT2D eigenvalue weighted by Gasteiger charge is -2.46. The zero-order valence-electron chi connectivity index (χ0n) is 15.7. The van der Waals surface area contributed by atoms with Crippen molar-refractivity contribution < 1.29 is 18.0 Å². The van der Waals surface area contributed by atoms with E-state index in [0.717, 1.165) is 0 Å². The molecule has 7 nitrogen and oxygen atoms in total. The van der Waals surface area contributed by atoms with Crippen LogP contribution in [0.5, 0.6) is 0 Å². The van der Waals surface area contributed by atoms with Gasteiger partial charge in [0, 0.05) is 46.1 Å². The lowest BCUT2D eigenvalue weighted by molar-refractivity contribution is -0.135. The van der Waals surface area contributed by atoms with Gasteiger partial charge in [0.2, 0.25) is 21.8 Å². The van der Waals surface area contributed by atoms with E-state index in [1.165, 1.54) is 11.2 Å². The number of sulfonamides is 1. The van der Waals surface area contributed by atoms with Crippen LogP contribution in [0.2, 0.25) is 0 Å². The Bertz CT molecular complexity index is 862. The summed E-state index contributed by atoms with van der Waals surface area (Å²) in [6.07, 6.45) is 1.21. The van der Waals surface area contributed by atoms with Crippen LogP contribution in [0.15, 0.2) is 35.2 Å². The molecule has 8 heteroatoms. The van der Waals surface area contributed by atoms with E-state index in [1.807, 2.05) is 11.9 Å². The number of carbonyl (C=O) groups excluding carboxylic acids is 2. The minimum atomic E-state index is -3.52. The molecule has 0 aliphatic carbocycles. The highest BCUT2D eigenvalue weighted by atomic mass is 32.2. The Morgan fingerprint density at radius 2 is 1.74 bits per heavy atom. The molecule has 0 unspecified atom stereocenters. The SMILES string of the molecule is CC(=O)N1C[C@H]2C(=O)N(C)C3(CCN(S(=O)(=O)c4ccccc4)CC3)[C@H]2C1. The van der Waals surface area contributed by atoms with E-state index < -0.39 is 10.0 Å². The van der Waals surface area contributed by atoms with Gasteiger partial charge in [-0.3, -0.25) is 9.59 Å². The summed E-state index contributed by atoms with van der Waals surface area (Å²) in [4.78, 5) is 28.5. The number of piperidine rings is 1. The first-order valence-electron chi connectivity index (χ1n) is 9.36. The van der Waals surface area contributed by atoms with Gasteiger partial charge in [-0.25, -0.2) is 8.42 Å².